The molecule has 2 unspecified atom stereocenters. The molecule has 3 aromatic rings. The normalized spacial score (nSPS) is 18.8. The van der Waals surface area contributed by atoms with Crippen molar-refractivity contribution in [2.75, 3.05) is 59.0 Å². The van der Waals surface area contributed by atoms with Crippen molar-refractivity contribution in [2.45, 2.75) is 45.5 Å². The predicted molar refractivity (Wildman–Crippen MR) is 185 cm³/mol. The van der Waals surface area contributed by atoms with Crippen LogP contribution in [0, 0.1) is 0 Å². The molecule has 2 amide bonds. The molecule has 5 rings (SSSR count). The molecule has 0 aromatic heterocycles. The summed E-state index contributed by atoms with van der Waals surface area (Å²) in [6.07, 6.45) is -3.52. The van der Waals surface area contributed by atoms with Gasteiger partial charge in [0, 0.05) is 36.2 Å². The minimum Gasteiger partial charge on any atom is -0.493 e. The molecule has 0 N–H and O–H groups in total. The van der Waals surface area contributed by atoms with E-state index in [1.807, 2.05) is 29.2 Å². The van der Waals surface area contributed by atoms with Gasteiger partial charge in [-0.3, -0.25) is 14.8 Å². The van der Waals surface area contributed by atoms with E-state index in [1.165, 1.54) is 6.07 Å². The lowest BCUT2D eigenvalue weighted by Gasteiger charge is -2.39. The summed E-state index contributed by atoms with van der Waals surface area (Å²) < 4.78 is 47.2. The average Bonchev–Trinajstić information content (AvgIpc) is 3.47. The molecule has 2 aliphatic rings. The first-order valence-corrected chi connectivity index (χ1v) is 17.3. The number of amidine groups is 1. The lowest BCUT2D eigenvalue weighted by molar-refractivity contribution is -0.137. The van der Waals surface area contributed by atoms with Crippen LogP contribution in [0.15, 0.2) is 71.7 Å². The number of rotatable bonds is 11. The second-order valence-corrected chi connectivity index (χ2v) is 12.8. The van der Waals surface area contributed by atoms with Crippen LogP contribution in [0.4, 0.5) is 18.0 Å². The number of benzene rings is 3. The van der Waals surface area contributed by atoms with Crippen LogP contribution in [0.2, 0.25) is 10.0 Å². The Kier molecular flexibility index (Phi) is 11.9. The van der Waals surface area contributed by atoms with Gasteiger partial charge in [0.2, 0.25) is 0 Å². The molecule has 12 heteroatoms. The van der Waals surface area contributed by atoms with Crippen LogP contribution in [0.5, 0.6) is 5.75 Å². The Hall–Kier alpha value is -3.31. The van der Waals surface area contributed by atoms with Crippen molar-refractivity contribution < 1.29 is 22.7 Å². The third-order valence-corrected chi connectivity index (χ3v) is 9.54. The van der Waals surface area contributed by atoms with E-state index < -0.39 is 23.8 Å². The van der Waals surface area contributed by atoms with Crippen molar-refractivity contribution in [3.8, 4) is 5.75 Å². The molecule has 0 spiro atoms. The maximum absolute atomic E-state index is 14.7. The van der Waals surface area contributed by atoms with Crippen molar-refractivity contribution in [1.82, 2.24) is 19.6 Å². The summed E-state index contributed by atoms with van der Waals surface area (Å²) in [7, 11) is 0. The lowest BCUT2D eigenvalue weighted by atomic mass is 9.93. The number of aliphatic imine (C=N–C) groups is 1. The number of urea groups is 1. The van der Waals surface area contributed by atoms with Crippen LogP contribution in [-0.4, -0.2) is 90.4 Å². The van der Waals surface area contributed by atoms with E-state index in [-0.39, 0.29) is 24.2 Å². The van der Waals surface area contributed by atoms with Gasteiger partial charge in [-0.15, -0.1) is 0 Å². The topological polar surface area (TPSA) is 51.6 Å². The Morgan fingerprint density at radius 3 is 2.06 bits per heavy atom. The first kappa shape index (κ1) is 36.0. The van der Waals surface area contributed by atoms with Crippen LogP contribution in [0.3, 0.4) is 0 Å². The molecule has 2 heterocycles. The number of amides is 2. The number of hydrogen-bond acceptors (Lipinski definition) is 5. The molecule has 0 bridgehead atoms. The zero-order valence-electron chi connectivity index (χ0n) is 27.5. The highest BCUT2D eigenvalue weighted by molar-refractivity contribution is 6.30. The Labute approximate surface area is 290 Å². The van der Waals surface area contributed by atoms with Crippen molar-refractivity contribution >= 4 is 35.1 Å². The van der Waals surface area contributed by atoms with Crippen LogP contribution in [0.1, 0.15) is 61.5 Å². The summed E-state index contributed by atoms with van der Waals surface area (Å²) in [4.78, 5) is 28.1. The molecule has 1 saturated heterocycles. The minimum atomic E-state index is -4.57. The molecule has 0 aliphatic carbocycles. The van der Waals surface area contributed by atoms with E-state index in [9.17, 15) is 18.0 Å². The number of piperazine rings is 1. The molecule has 7 nitrogen and oxygen atoms in total. The van der Waals surface area contributed by atoms with Crippen molar-refractivity contribution in [2.24, 2.45) is 4.99 Å². The van der Waals surface area contributed by atoms with Crippen LogP contribution in [-0.2, 0) is 6.18 Å². The van der Waals surface area contributed by atoms with Gasteiger partial charge < -0.3 is 14.5 Å². The van der Waals surface area contributed by atoms with Gasteiger partial charge in [-0.05, 0) is 93.1 Å². The van der Waals surface area contributed by atoms with E-state index in [2.05, 4.69) is 23.6 Å². The summed E-state index contributed by atoms with van der Waals surface area (Å²) in [6.45, 7) is 12.7. The smallest absolute Gasteiger partial charge is 0.416 e. The van der Waals surface area contributed by atoms with Gasteiger partial charge in [-0.2, -0.15) is 13.2 Å². The van der Waals surface area contributed by atoms with Crippen molar-refractivity contribution in [3.05, 3.63) is 99.0 Å². The molecule has 2 atom stereocenters. The summed E-state index contributed by atoms with van der Waals surface area (Å²) in [5, 5.41) is 1.09. The molecule has 0 saturated carbocycles. The summed E-state index contributed by atoms with van der Waals surface area (Å²) in [5.41, 5.74) is 1.05. The van der Waals surface area contributed by atoms with Crippen molar-refractivity contribution in [3.63, 3.8) is 0 Å². The van der Waals surface area contributed by atoms with Crippen LogP contribution >= 0.6 is 23.2 Å². The fourth-order valence-electron chi connectivity index (χ4n) is 6.39. The number of alkyl halides is 3. The number of hydrogen-bond donors (Lipinski definition) is 0. The molecule has 1 fully saturated rings. The Balaban J connectivity index is 1.53. The third-order valence-electron chi connectivity index (χ3n) is 9.03. The standard InChI is InChI=1S/C36H42Cl2F3N5O2/c1-4-43(5-2)18-7-19-44-20-22-45(23-21-44)35(47)46-33(26-10-15-29(38)16-11-26)32(25-8-13-28(37)14-9-25)42-34(46)30-17-12-27(36(39,40)41)24-31(30)48-6-3/h8-17,24,32-33H,4-7,18-23H2,1-3H3. The van der Waals surface area contributed by atoms with E-state index in [0.29, 0.717) is 28.7 Å². The first-order valence-electron chi connectivity index (χ1n) is 16.5. The van der Waals surface area contributed by atoms with Gasteiger partial charge in [-0.25, -0.2) is 4.79 Å². The predicted octanol–water partition coefficient (Wildman–Crippen LogP) is 8.43. The minimum absolute atomic E-state index is 0.00788. The highest BCUT2D eigenvalue weighted by atomic mass is 35.5. The SMILES string of the molecule is CCOc1cc(C(F)(F)F)ccc1C1=NC(c2ccc(Cl)cc2)C(c2ccc(Cl)cc2)N1C(=O)N1CCN(CCCN(CC)CC)CC1. The maximum Gasteiger partial charge on any atom is 0.416 e. The highest BCUT2D eigenvalue weighted by Gasteiger charge is 2.45. The fraction of sp³-hybridized carbons (Fsp3) is 0.444. The number of ether oxygens (including phenoxy) is 1. The summed E-state index contributed by atoms with van der Waals surface area (Å²) >= 11 is 12.5. The second kappa shape index (κ2) is 15.9. The van der Waals surface area contributed by atoms with E-state index in [4.69, 9.17) is 32.9 Å². The number of carbonyl (C=O) groups is 1. The lowest BCUT2D eigenvalue weighted by Crippen LogP contribution is -2.54. The quantitative estimate of drug-likeness (QED) is 0.201. The molecule has 3 aromatic carbocycles. The molecule has 2 aliphatic heterocycles. The van der Waals surface area contributed by atoms with Gasteiger partial charge in [0.15, 0.2) is 0 Å². The number of nitrogens with zero attached hydrogens (tertiary/aromatic N) is 5. The van der Waals surface area contributed by atoms with E-state index >= 15 is 0 Å². The monoisotopic (exact) mass is 703 g/mol. The Morgan fingerprint density at radius 2 is 1.50 bits per heavy atom. The fourth-order valence-corrected chi connectivity index (χ4v) is 6.64. The molecular formula is C36H42Cl2F3N5O2. The summed E-state index contributed by atoms with van der Waals surface area (Å²) in [5.74, 6) is 0.257. The zero-order valence-corrected chi connectivity index (χ0v) is 29.0. The van der Waals surface area contributed by atoms with Gasteiger partial charge in [0.05, 0.1) is 23.8 Å². The molecular weight excluding hydrogens is 662 g/mol. The number of halogens is 5. The van der Waals surface area contributed by atoms with Gasteiger partial charge in [0.1, 0.15) is 17.6 Å². The zero-order chi connectivity index (χ0) is 34.4. The van der Waals surface area contributed by atoms with Gasteiger partial charge in [0.25, 0.3) is 0 Å². The second-order valence-electron chi connectivity index (χ2n) is 11.9. The Bertz CT molecular complexity index is 1560. The van der Waals surface area contributed by atoms with Crippen molar-refractivity contribution in [1.29, 1.82) is 0 Å². The highest BCUT2D eigenvalue weighted by Crippen LogP contribution is 2.46. The summed E-state index contributed by atoms with van der Waals surface area (Å²) in [6, 6.07) is 16.4. The van der Waals surface area contributed by atoms with E-state index in [1.54, 1.807) is 36.1 Å². The van der Waals surface area contributed by atoms with E-state index in [0.717, 1.165) is 68.9 Å². The average molecular weight is 705 g/mol. The third kappa shape index (κ3) is 8.28. The first-order chi connectivity index (χ1) is 23.0. The van der Waals surface area contributed by atoms with Crippen LogP contribution < -0.4 is 4.74 Å². The maximum atomic E-state index is 14.7. The molecule has 48 heavy (non-hydrogen) atoms. The Morgan fingerprint density at radius 1 is 0.896 bits per heavy atom. The van der Waals surface area contributed by atoms with Gasteiger partial charge in [-0.1, -0.05) is 61.3 Å². The van der Waals surface area contributed by atoms with Crippen LogP contribution in [0.25, 0.3) is 0 Å². The molecule has 0 radical (unpaired) electrons. The molecule has 258 valence electrons. The largest absolute Gasteiger partial charge is 0.493 e. The van der Waals surface area contributed by atoms with Gasteiger partial charge >= 0.3 is 12.2 Å². The number of carbonyl (C=O) groups excluding carboxylic acids is 1.